The number of piperazine rings is 1. The van der Waals surface area contributed by atoms with Gasteiger partial charge in [0.2, 0.25) is 5.91 Å². The van der Waals surface area contributed by atoms with E-state index >= 15 is 0 Å². The molecule has 2 saturated heterocycles. The van der Waals surface area contributed by atoms with Crippen molar-refractivity contribution in [1.29, 1.82) is 0 Å². The number of aromatic amines is 1. The highest BCUT2D eigenvalue weighted by atomic mass is 16.2. The van der Waals surface area contributed by atoms with Gasteiger partial charge < -0.3 is 10.3 Å². The van der Waals surface area contributed by atoms with Crippen LogP contribution in [0.25, 0.3) is 11.0 Å². The molecule has 1 amide bonds. The van der Waals surface area contributed by atoms with Crippen molar-refractivity contribution in [2.75, 3.05) is 19.6 Å². The molecular formula is C20H29N5O. The normalized spacial score (nSPS) is 24.3. The lowest BCUT2D eigenvalue weighted by Crippen LogP contribution is -2.56. The summed E-state index contributed by atoms with van der Waals surface area (Å²) in [7, 11) is 0. The number of imidazole rings is 1. The van der Waals surface area contributed by atoms with Crippen molar-refractivity contribution >= 4 is 16.9 Å². The molecule has 26 heavy (non-hydrogen) atoms. The number of carbonyl (C=O) groups excluding carboxylic acids is 1. The average Bonchev–Trinajstić information content (AvgIpc) is 3.03. The zero-order valence-electron chi connectivity index (χ0n) is 16.0. The SMILES string of the molecule is CC(C)(C)NC(=O)CN1C2CCC1CN(Cc1nc3ccccc3[nH]1)C2. The predicted octanol–water partition coefficient (Wildman–Crippen LogP) is 2.13. The standard InChI is InChI=1S/C20H29N5O/c1-20(2,3)23-19(26)13-25-14-8-9-15(25)11-24(10-14)12-18-21-16-6-4-5-7-17(16)22-18/h4-7,14-15H,8-13H2,1-3H3,(H,21,22)(H,23,26). The first-order valence-corrected chi connectivity index (χ1v) is 9.60. The van der Waals surface area contributed by atoms with Gasteiger partial charge in [-0.15, -0.1) is 0 Å². The summed E-state index contributed by atoms with van der Waals surface area (Å²) < 4.78 is 0. The molecule has 4 rings (SSSR count). The predicted molar refractivity (Wildman–Crippen MR) is 103 cm³/mol. The Bertz CT molecular complexity index is 746. The molecule has 0 spiro atoms. The topological polar surface area (TPSA) is 64.3 Å². The van der Waals surface area contributed by atoms with E-state index in [1.165, 1.54) is 12.8 Å². The molecular weight excluding hydrogens is 326 g/mol. The van der Waals surface area contributed by atoms with Crippen LogP contribution in [-0.4, -0.2) is 62.9 Å². The summed E-state index contributed by atoms with van der Waals surface area (Å²) in [5, 5.41) is 3.09. The summed E-state index contributed by atoms with van der Waals surface area (Å²) >= 11 is 0. The summed E-state index contributed by atoms with van der Waals surface area (Å²) in [6.45, 7) is 9.49. The van der Waals surface area contributed by atoms with E-state index in [1.807, 2.05) is 39.0 Å². The van der Waals surface area contributed by atoms with E-state index in [0.29, 0.717) is 18.6 Å². The molecule has 2 aromatic rings. The van der Waals surface area contributed by atoms with Crippen LogP contribution in [0, 0.1) is 0 Å². The summed E-state index contributed by atoms with van der Waals surface area (Å²) in [5.74, 6) is 1.17. The smallest absolute Gasteiger partial charge is 0.234 e. The average molecular weight is 355 g/mol. The van der Waals surface area contributed by atoms with Crippen molar-refractivity contribution in [3.8, 4) is 0 Å². The number of hydrogen-bond acceptors (Lipinski definition) is 4. The number of benzene rings is 1. The van der Waals surface area contributed by atoms with Gasteiger partial charge in [-0.05, 0) is 45.7 Å². The highest BCUT2D eigenvalue weighted by Crippen LogP contribution is 2.30. The fraction of sp³-hybridized carbons (Fsp3) is 0.600. The van der Waals surface area contributed by atoms with Gasteiger partial charge in [0, 0.05) is 30.7 Å². The zero-order valence-corrected chi connectivity index (χ0v) is 16.0. The minimum Gasteiger partial charge on any atom is -0.350 e. The number of likely N-dealkylation sites (tertiary alicyclic amines) is 1. The van der Waals surface area contributed by atoms with Gasteiger partial charge in [-0.3, -0.25) is 14.6 Å². The Kier molecular flexibility index (Phi) is 4.49. The fourth-order valence-electron chi connectivity index (χ4n) is 4.38. The van der Waals surface area contributed by atoms with Gasteiger partial charge in [-0.1, -0.05) is 12.1 Å². The number of para-hydroxylation sites is 2. The highest BCUT2D eigenvalue weighted by molar-refractivity contribution is 5.79. The molecule has 6 nitrogen and oxygen atoms in total. The maximum absolute atomic E-state index is 12.3. The van der Waals surface area contributed by atoms with E-state index in [9.17, 15) is 4.79 Å². The first kappa shape index (κ1) is 17.5. The van der Waals surface area contributed by atoms with E-state index in [-0.39, 0.29) is 11.4 Å². The Morgan fingerprint density at radius 3 is 2.58 bits per heavy atom. The molecule has 1 aromatic carbocycles. The Labute approximate surface area is 155 Å². The number of rotatable bonds is 4. The van der Waals surface area contributed by atoms with E-state index in [2.05, 4.69) is 26.2 Å². The minimum absolute atomic E-state index is 0.139. The van der Waals surface area contributed by atoms with Gasteiger partial charge >= 0.3 is 0 Å². The van der Waals surface area contributed by atoms with Crippen LogP contribution in [-0.2, 0) is 11.3 Å². The second-order valence-electron chi connectivity index (χ2n) is 8.75. The van der Waals surface area contributed by atoms with Gasteiger partial charge in [0.25, 0.3) is 0 Å². The molecule has 0 radical (unpaired) electrons. The van der Waals surface area contributed by atoms with Crippen LogP contribution in [0.15, 0.2) is 24.3 Å². The van der Waals surface area contributed by atoms with Crippen LogP contribution in [0.3, 0.4) is 0 Å². The lowest BCUT2D eigenvalue weighted by atomic mass is 10.1. The molecule has 2 fully saturated rings. The third-order valence-electron chi connectivity index (χ3n) is 5.36. The number of nitrogens with zero attached hydrogens (tertiary/aromatic N) is 3. The van der Waals surface area contributed by atoms with E-state index in [0.717, 1.165) is 36.5 Å². The number of fused-ring (bicyclic) bond motifs is 3. The molecule has 6 heteroatoms. The molecule has 1 aromatic heterocycles. The van der Waals surface area contributed by atoms with Crippen LogP contribution in [0.4, 0.5) is 0 Å². The van der Waals surface area contributed by atoms with Gasteiger partial charge in [0.1, 0.15) is 5.82 Å². The number of nitrogens with one attached hydrogen (secondary N) is 2. The quantitative estimate of drug-likeness (QED) is 0.882. The lowest BCUT2D eigenvalue weighted by Gasteiger charge is -2.40. The summed E-state index contributed by atoms with van der Waals surface area (Å²) in [5.41, 5.74) is 1.96. The molecule has 0 aliphatic carbocycles. The molecule has 140 valence electrons. The van der Waals surface area contributed by atoms with Crippen molar-refractivity contribution in [2.24, 2.45) is 0 Å². The van der Waals surface area contributed by atoms with E-state index in [1.54, 1.807) is 0 Å². The Hall–Kier alpha value is -1.92. The number of amides is 1. The molecule has 2 N–H and O–H groups in total. The minimum atomic E-state index is -0.167. The second-order valence-corrected chi connectivity index (χ2v) is 8.75. The number of H-pyrrole nitrogens is 1. The van der Waals surface area contributed by atoms with Crippen molar-refractivity contribution in [3.63, 3.8) is 0 Å². The monoisotopic (exact) mass is 355 g/mol. The van der Waals surface area contributed by atoms with Gasteiger partial charge in [-0.2, -0.15) is 0 Å². The maximum Gasteiger partial charge on any atom is 0.234 e. The van der Waals surface area contributed by atoms with Gasteiger partial charge in [0.05, 0.1) is 24.1 Å². The molecule has 3 heterocycles. The largest absolute Gasteiger partial charge is 0.350 e. The Balaban J connectivity index is 1.38. The fourth-order valence-corrected chi connectivity index (χ4v) is 4.38. The number of aromatic nitrogens is 2. The first-order valence-electron chi connectivity index (χ1n) is 9.60. The summed E-state index contributed by atoms with van der Waals surface area (Å²) in [6, 6.07) is 9.12. The lowest BCUT2D eigenvalue weighted by molar-refractivity contribution is -0.125. The molecule has 2 aliphatic rings. The third-order valence-corrected chi connectivity index (χ3v) is 5.36. The Morgan fingerprint density at radius 1 is 1.23 bits per heavy atom. The van der Waals surface area contributed by atoms with Gasteiger partial charge in [0.15, 0.2) is 0 Å². The third kappa shape index (κ3) is 3.76. The van der Waals surface area contributed by atoms with Crippen LogP contribution in [0.2, 0.25) is 0 Å². The number of hydrogen-bond donors (Lipinski definition) is 2. The second kappa shape index (κ2) is 6.67. The van der Waals surface area contributed by atoms with Crippen LogP contribution < -0.4 is 5.32 Å². The van der Waals surface area contributed by atoms with Crippen molar-refractivity contribution < 1.29 is 4.79 Å². The van der Waals surface area contributed by atoms with E-state index < -0.39 is 0 Å². The van der Waals surface area contributed by atoms with Crippen molar-refractivity contribution in [1.82, 2.24) is 25.1 Å². The molecule has 2 unspecified atom stereocenters. The first-order chi connectivity index (χ1) is 12.4. The van der Waals surface area contributed by atoms with Gasteiger partial charge in [-0.25, -0.2) is 4.98 Å². The number of carbonyl (C=O) groups is 1. The zero-order chi connectivity index (χ0) is 18.3. The molecule has 0 saturated carbocycles. The molecule has 2 aliphatic heterocycles. The summed E-state index contributed by atoms with van der Waals surface area (Å²) in [6.07, 6.45) is 2.37. The van der Waals surface area contributed by atoms with Crippen LogP contribution >= 0.6 is 0 Å². The highest BCUT2D eigenvalue weighted by Gasteiger charge is 2.40. The van der Waals surface area contributed by atoms with E-state index in [4.69, 9.17) is 4.98 Å². The summed E-state index contributed by atoms with van der Waals surface area (Å²) in [4.78, 5) is 25.4. The van der Waals surface area contributed by atoms with Crippen LogP contribution in [0.1, 0.15) is 39.4 Å². The van der Waals surface area contributed by atoms with Crippen molar-refractivity contribution in [3.05, 3.63) is 30.1 Å². The van der Waals surface area contributed by atoms with Crippen molar-refractivity contribution in [2.45, 2.75) is 57.8 Å². The Morgan fingerprint density at radius 2 is 1.92 bits per heavy atom. The maximum atomic E-state index is 12.3. The molecule has 2 atom stereocenters. The molecule has 2 bridgehead atoms. The van der Waals surface area contributed by atoms with Crippen LogP contribution in [0.5, 0.6) is 0 Å².